The van der Waals surface area contributed by atoms with Gasteiger partial charge in [0.2, 0.25) is 5.91 Å². The molecule has 0 bridgehead atoms. The molecule has 128 valence electrons. The number of unbranched alkanes of at least 4 members (excludes halogenated alkanes) is 3. The van der Waals surface area contributed by atoms with E-state index in [1.165, 1.54) is 12.0 Å². The molecule has 1 rings (SSSR count). The lowest BCUT2D eigenvalue weighted by Gasteiger charge is -2.14. The molecule has 6 heteroatoms. The molecule has 0 heterocycles. The van der Waals surface area contributed by atoms with Gasteiger partial charge in [-0.1, -0.05) is 12.8 Å². The molecule has 0 aliphatic heterocycles. The third-order valence-electron chi connectivity index (χ3n) is 3.48. The molecule has 0 aliphatic rings. The molecule has 0 radical (unpaired) electrons. The Balaban J connectivity index is 2.68. The number of hydrogen-bond donors (Lipinski definition) is 2. The van der Waals surface area contributed by atoms with Gasteiger partial charge in [0.15, 0.2) is 0 Å². The second-order valence-corrected chi connectivity index (χ2v) is 5.62. The van der Waals surface area contributed by atoms with Gasteiger partial charge in [-0.05, 0) is 37.6 Å². The highest BCUT2D eigenvalue weighted by molar-refractivity contribution is 5.98. The Labute approximate surface area is 138 Å². The first-order valence-corrected chi connectivity index (χ1v) is 7.89. The van der Waals surface area contributed by atoms with Crippen LogP contribution in [0.4, 0.5) is 5.69 Å². The molecule has 0 spiro atoms. The number of benzene rings is 1. The zero-order valence-corrected chi connectivity index (χ0v) is 14.2. The molecular formula is C17H27N3O3. The molecule has 0 aromatic heterocycles. The monoisotopic (exact) mass is 321 g/mol. The third kappa shape index (κ3) is 6.28. The minimum absolute atomic E-state index is 0.0782. The normalized spacial score (nSPS) is 10.3. The lowest BCUT2D eigenvalue weighted by atomic mass is 10.1. The summed E-state index contributed by atoms with van der Waals surface area (Å²) in [6.45, 7) is 0.691. The molecule has 0 aliphatic carbocycles. The van der Waals surface area contributed by atoms with Gasteiger partial charge in [-0.25, -0.2) is 0 Å². The van der Waals surface area contributed by atoms with Gasteiger partial charge in [0.05, 0.1) is 12.8 Å². The van der Waals surface area contributed by atoms with Crippen LogP contribution in [0.2, 0.25) is 0 Å². The van der Waals surface area contributed by atoms with Crippen molar-refractivity contribution in [1.29, 1.82) is 0 Å². The highest BCUT2D eigenvalue weighted by Crippen LogP contribution is 2.26. The fraction of sp³-hybridized carbons (Fsp3) is 0.529. The van der Waals surface area contributed by atoms with Gasteiger partial charge in [0, 0.05) is 26.1 Å². The second kappa shape index (κ2) is 9.84. The van der Waals surface area contributed by atoms with Crippen molar-refractivity contribution in [3.8, 4) is 5.75 Å². The summed E-state index contributed by atoms with van der Waals surface area (Å²) in [6.07, 6.45) is 4.29. The minimum atomic E-state index is -0.120. The van der Waals surface area contributed by atoms with E-state index in [2.05, 4.69) is 5.32 Å². The quantitative estimate of drug-likeness (QED) is 0.683. The smallest absolute Gasteiger partial charge is 0.253 e. The van der Waals surface area contributed by atoms with Gasteiger partial charge < -0.3 is 20.7 Å². The average Bonchev–Trinajstić information content (AvgIpc) is 2.53. The number of amides is 2. The van der Waals surface area contributed by atoms with Crippen molar-refractivity contribution < 1.29 is 14.3 Å². The van der Waals surface area contributed by atoms with Gasteiger partial charge in [0.1, 0.15) is 5.75 Å². The standard InChI is InChI=1S/C17H27N3O3/c1-20(2)17(22)13-9-10-15(23-3)14(12-13)19-16(21)8-6-4-5-7-11-18/h9-10,12H,4-8,11,18H2,1-3H3,(H,19,21). The van der Waals surface area contributed by atoms with Gasteiger partial charge in [-0.15, -0.1) is 0 Å². The van der Waals surface area contributed by atoms with E-state index < -0.39 is 0 Å². The number of nitrogens with one attached hydrogen (secondary N) is 1. The summed E-state index contributed by atoms with van der Waals surface area (Å²) >= 11 is 0. The van der Waals surface area contributed by atoms with Crippen LogP contribution in [-0.2, 0) is 4.79 Å². The van der Waals surface area contributed by atoms with Crippen molar-refractivity contribution >= 4 is 17.5 Å². The van der Waals surface area contributed by atoms with Crippen LogP contribution in [0.5, 0.6) is 5.75 Å². The largest absolute Gasteiger partial charge is 0.495 e. The molecule has 1 aromatic rings. The first kappa shape index (κ1) is 19.0. The van der Waals surface area contributed by atoms with E-state index in [0.717, 1.165) is 25.7 Å². The van der Waals surface area contributed by atoms with Crippen LogP contribution in [0.25, 0.3) is 0 Å². The molecular weight excluding hydrogens is 294 g/mol. The Morgan fingerprint density at radius 2 is 1.87 bits per heavy atom. The van der Waals surface area contributed by atoms with Crippen molar-refractivity contribution in [2.45, 2.75) is 32.1 Å². The highest BCUT2D eigenvalue weighted by atomic mass is 16.5. The summed E-state index contributed by atoms with van der Waals surface area (Å²) in [6, 6.07) is 5.02. The van der Waals surface area contributed by atoms with Crippen LogP contribution < -0.4 is 15.8 Å². The maximum absolute atomic E-state index is 12.0. The predicted octanol–water partition coefficient (Wildman–Crippen LogP) is 2.24. The highest BCUT2D eigenvalue weighted by Gasteiger charge is 2.13. The van der Waals surface area contributed by atoms with Crippen molar-refractivity contribution in [3.63, 3.8) is 0 Å². The van der Waals surface area contributed by atoms with Gasteiger partial charge in [-0.3, -0.25) is 9.59 Å². The first-order valence-electron chi connectivity index (χ1n) is 7.89. The fourth-order valence-corrected chi connectivity index (χ4v) is 2.19. The van der Waals surface area contributed by atoms with Crippen LogP contribution in [0.15, 0.2) is 18.2 Å². The summed E-state index contributed by atoms with van der Waals surface area (Å²) in [4.78, 5) is 25.5. The van der Waals surface area contributed by atoms with E-state index in [1.54, 1.807) is 32.3 Å². The van der Waals surface area contributed by atoms with Crippen LogP contribution in [0.3, 0.4) is 0 Å². The predicted molar refractivity (Wildman–Crippen MR) is 91.8 cm³/mol. The Morgan fingerprint density at radius 3 is 2.48 bits per heavy atom. The number of ether oxygens (including phenoxy) is 1. The number of hydrogen-bond acceptors (Lipinski definition) is 4. The molecule has 23 heavy (non-hydrogen) atoms. The Hall–Kier alpha value is -2.08. The number of nitrogens with two attached hydrogens (primary N) is 1. The van der Waals surface area contributed by atoms with Crippen LogP contribution in [-0.4, -0.2) is 44.5 Å². The van der Waals surface area contributed by atoms with E-state index in [0.29, 0.717) is 30.0 Å². The summed E-state index contributed by atoms with van der Waals surface area (Å²) < 4.78 is 5.25. The molecule has 1 aromatic carbocycles. The zero-order valence-electron chi connectivity index (χ0n) is 14.2. The van der Waals surface area contributed by atoms with Crippen molar-refractivity contribution in [1.82, 2.24) is 4.90 Å². The van der Waals surface area contributed by atoms with Gasteiger partial charge >= 0.3 is 0 Å². The van der Waals surface area contributed by atoms with E-state index in [1.807, 2.05) is 0 Å². The summed E-state index contributed by atoms with van der Waals surface area (Å²) in [7, 11) is 4.91. The van der Waals surface area contributed by atoms with Crippen LogP contribution in [0.1, 0.15) is 42.5 Å². The average molecular weight is 321 g/mol. The molecule has 0 saturated carbocycles. The molecule has 0 atom stereocenters. The number of carbonyl (C=O) groups is 2. The fourth-order valence-electron chi connectivity index (χ4n) is 2.19. The van der Waals surface area contributed by atoms with E-state index in [-0.39, 0.29) is 11.8 Å². The molecule has 0 fully saturated rings. The van der Waals surface area contributed by atoms with Crippen LogP contribution >= 0.6 is 0 Å². The maximum Gasteiger partial charge on any atom is 0.253 e. The van der Waals surface area contributed by atoms with Crippen LogP contribution in [0, 0.1) is 0 Å². The number of carbonyl (C=O) groups excluding carboxylic acids is 2. The lowest BCUT2D eigenvalue weighted by molar-refractivity contribution is -0.116. The number of rotatable bonds is 9. The Morgan fingerprint density at radius 1 is 1.17 bits per heavy atom. The van der Waals surface area contributed by atoms with Crippen molar-refractivity contribution in [3.05, 3.63) is 23.8 Å². The number of anilines is 1. The second-order valence-electron chi connectivity index (χ2n) is 5.62. The Kier molecular flexibility index (Phi) is 8.11. The topological polar surface area (TPSA) is 84.7 Å². The summed E-state index contributed by atoms with van der Waals surface area (Å²) in [5, 5.41) is 2.83. The zero-order chi connectivity index (χ0) is 17.2. The van der Waals surface area contributed by atoms with Gasteiger partial charge in [0.25, 0.3) is 5.91 Å². The number of methoxy groups -OCH3 is 1. The molecule has 0 saturated heterocycles. The van der Waals surface area contributed by atoms with Crippen molar-refractivity contribution in [2.24, 2.45) is 5.73 Å². The lowest BCUT2D eigenvalue weighted by Crippen LogP contribution is -2.22. The van der Waals surface area contributed by atoms with Crippen molar-refractivity contribution in [2.75, 3.05) is 33.1 Å². The maximum atomic E-state index is 12.0. The Bertz CT molecular complexity index is 530. The molecule has 6 nitrogen and oxygen atoms in total. The van der Waals surface area contributed by atoms with E-state index >= 15 is 0 Å². The summed E-state index contributed by atoms with van der Waals surface area (Å²) in [5.41, 5.74) is 6.47. The first-order chi connectivity index (χ1) is 11.0. The van der Waals surface area contributed by atoms with E-state index in [9.17, 15) is 9.59 Å². The molecule has 2 amide bonds. The third-order valence-corrected chi connectivity index (χ3v) is 3.48. The summed E-state index contributed by atoms with van der Waals surface area (Å²) in [5.74, 6) is 0.340. The van der Waals surface area contributed by atoms with Gasteiger partial charge in [-0.2, -0.15) is 0 Å². The SMILES string of the molecule is COc1ccc(C(=O)N(C)C)cc1NC(=O)CCCCCCN. The minimum Gasteiger partial charge on any atom is -0.495 e. The number of nitrogens with zero attached hydrogens (tertiary/aromatic N) is 1. The molecule has 3 N–H and O–H groups in total. The van der Waals surface area contributed by atoms with E-state index in [4.69, 9.17) is 10.5 Å². The molecule has 0 unspecified atom stereocenters.